The van der Waals surface area contributed by atoms with Crippen LogP contribution in [0.4, 0.5) is 32.1 Å². The van der Waals surface area contributed by atoms with Gasteiger partial charge in [0, 0.05) is 42.0 Å². The van der Waals surface area contributed by atoms with E-state index in [1.807, 2.05) is 38.1 Å². The molecular weight excluding hydrogens is 452 g/mol. The van der Waals surface area contributed by atoms with E-state index in [-0.39, 0.29) is 23.3 Å². The molecule has 9 nitrogen and oxygen atoms in total. The summed E-state index contributed by atoms with van der Waals surface area (Å²) >= 11 is 0. The minimum atomic E-state index is -0.778. The maximum Gasteiger partial charge on any atom is 0.231 e. The van der Waals surface area contributed by atoms with Gasteiger partial charge in [0.2, 0.25) is 5.95 Å². The number of hydrogen-bond acceptors (Lipinski definition) is 9. The number of hydrogen-bond donors (Lipinski definition) is 3. The lowest BCUT2D eigenvalue weighted by Gasteiger charge is -2.11. The summed E-state index contributed by atoms with van der Waals surface area (Å²) in [7, 11) is 0. The fourth-order valence-corrected chi connectivity index (χ4v) is 2.94. The van der Waals surface area contributed by atoms with Crippen molar-refractivity contribution in [3.63, 3.8) is 0 Å². The third kappa shape index (κ3) is 6.16. The summed E-state index contributed by atoms with van der Waals surface area (Å²) in [5, 5.41) is 11.3. The van der Waals surface area contributed by atoms with Gasteiger partial charge in [-0.05, 0) is 50.2 Å². The quantitative estimate of drug-likeness (QED) is 0.245. The molecule has 176 valence electrons. The van der Waals surface area contributed by atoms with E-state index in [9.17, 15) is 8.78 Å². The summed E-state index contributed by atoms with van der Waals surface area (Å²) in [6.45, 7) is 3.64. The molecule has 0 spiro atoms. The molecule has 4 aromatic rings. The van der Waals surface area contributed by atoms with Gasteiger partial charge in [0.05, 0.1) is 11.4 Å². The predicted octanol–water partition coefficient (Wildman–Crippen LogP) is 4.96. The molecule has 0 radical (unpaired) electrons. The maximum atomic E-state index is 14.2. The molecule has 35 heavy (non-hydrogen) atoms. The fraction of sp³-hybridized carbons (Fsp3) is 0.0833. The minimum absolute atomic E-state index is 0.0602. The number of hydrazone groups is 2. The molecule has 0 aliphatic carbocycles. The topological polar surface area (TPSA) is 112 Å². The number of aromatic nitrogens is 4. The van der Waals surface area contributed by atoms with E-state index >= 15 is 0 Å². The molecule has 0 fully saturated rings. The minimum Gasteiger partial charge on any atom is -0.319 e. The summed E-state index contributed by atoms with van der Waals surface area (Å²) in [6, 6.07) is 12.4. The Labute approximate surface area is 200 Å². The first-order valence-corrected chi connectivity index (χ1v) is 10.5. The summed E-state index contributed by atoms with van der Waals surface area (Å²) in [6.07, 6.45) is 6.65. The number of halogens is 2. The lowest BCUT2D eigenvalue weighted by molar-refractivity contribution is 0.590. The molecule has 3 aromatic heterocycles. The molecule has 0 unspecified atom stereocenters. The highest BCUT2D eigenvalue weighted by Gasteiger charge is 2.12. The van der Waals surface area contributed by atoms with Crippen LogP contribution in [0.3, 0.4) is 0 Å². The van der Waals surface area contributed by atoms with E-state index in [0.29, 0.717) is 11.4 Å². The van der Waals surface area contributed by atoms with E-state index in [0.717, 1.165) is 23.3 Å². The second-order valence-corrected chi connectivity index (χ2v) is 7.27. The van der Waals surface area contributed by atoms with Crippen LogP contribution in [0.1, 0.15) is 25.0 Å². The molecule has 0 aliphatic rings. The zero-order chi connectivity index (χ0) is 24.6. The SMILES string of the molecule is CC(=NNc1cc(NN=C(C)c2ccncc2)nc(Nc2c(F)cccc2F)n1)c1ccncc1. The molecular formula is C24H21F2N9. The van der Waals surface area contributed by atoms with E-state index < -0.39 is 11.6 Å². The largest absolute Gasteiger partial charge is 0.319 e. The second kappa shape index (κ2) is 10.9. The van der Waals surface area contributed by atoms with Crippen molar-refractivity contribution in [3.05, 3.63) is 96.1 Å². The number of benzene rings is 1. The Morgan fingerprint density at radius 3 is 1.63 bits per heavy atom. The highest BCUT2D eigenvalue weighted by atomic mass is 19.1. The van der Waals surface area contributed by atoms with E-state index in [1.54, 1.807) is 30.9 Å². The molecule has 0 saturated heterocycles. The first-order valence-electron chi connectivity index (χ1n) is 10.5. The number of pyridine rings is 2. The van der Waals surface area contributed by atoms with Gasteiger partial charge >= 0.3 is 0 Å². The summed E-state index contributed by atoms with van der Waals surface area (Å²) in [4.78, 5) is 16.5. The first kappa shape index (κ1) is 23.4. The van der Waals surface area contributed by atoms with Gasteiger partial charge in [-0.25, -0.2) is 8.78 Å². The van der Waals surface area contributed by atoms with Crippen molar-refractivity contribution < 1.29 is 8.78 Å². The van der Waals surface area contributed by atoms with Gasteiger partial charge in [-0.3, -0.25) is 20.8 Å². The van der Waals surface area contributed by atoms with Crippen molar-refractivity contribution in [2.45, 2.75) is 13.8 Å². The van der Waals surface area contributed by atoms with Gasteiger partial charge in [-0.2, -0.15) is 20.2 Å². The molecule has 0 bridgehead atoms. The van der Waals surface area contributed by atoms with Crippen LogP contribution in [0.2, 0.25) is 0 Å². The Morgan fingerprint density at radius 2 is 1.17 bits per heavy atom. The van der Waals surface area contributed by atoms with Crippen molar-refractivity contribution in [1.29, 1.82) is 0 Å². The van der Waals surface area contributed by atoms with Crippen molar-refractivity contribution in [1.82, 2.24) is 19.9 Å². The predicted molar refractivity (Wildman–Crippen MR) is 132 cm³/mol. The van der Waals surface area contributed by atoms with Crippen LogP contribution in [0.15, 0.2) is 83.5 Å². The number of nitrogens with one attached hydrogen (secondary N) is 3. The van der Waals surface area contributed by atoms with Crippen molar-refractivity contribution >= 4 is 34.7 Å². The Morgan fingerprint density at radius 1 is 0.714 bits per heavy atom. The third-order valence-corrected chi connectivity index (χ3v) is 4.80. The lowest BCUT2D eigenvalue weighted by atomic mass is 10.2. The highest BCUT2D eigenvalue weighted by molar-refractivity contribution is 5.99. The molecule has 3 N–H and O–H groups in total. The average molecular weight is 473 g/mol. The van der Waals surface area contributed by atoms with Crippen molar-refractivity contribution in [3.8, 4) is 0 Å². The monoisotopic (exact) mass is 473 g/mol. The summed E-state index contributed by atoms with van der Waals surface area (Å²) in [5.74, 6) is -1.08. The third-order valence-electron chi connectivity index (χ3n) is 4.80. The van der Waals surface area contributed by atoms with Gasteiger partial charge in [-0.15, -0.1) is 0 Å². The molecule has 0 amide bonds. The number of anilines is 4. The Balaban J connectivity index is 1.63. The first-order chi connectivity index (χ1) is 17.0. The average Bonchev–Trinajstić information content (AvgIpc) is 2.89. The molecule has 0 saturated carbocycles. The van der Waals surface area contributed by atoms with E-state index in [4.69, 9.17) is 0 Å². The molecule has 4 rings (SSSR count). The zero-order valence-electron chi connectivity index (χ0n) is 18.9. The summed E-state index contributed by atoms with van der Waals surface area (Å²) in [5.41, 5.74) is 8.42. The van der Waals surface area contributed by atoms with Crippen LogP contribution >= 0.6 is 0 Å². The van der Waals surface area contributed by atoms with Gasteiger partial charge in [0.25, 0.3) is 0 Å². The summed E-state index contributed by atoms with van der Waals surface area (Å²) < 4.78 is 28.4. The molecule has 0 aliphatic heterocycles. The fourth-order valence-electron chi connectivity index (χ4n) is 2.94. The zero-order valence-corrected chi connectivity index (χ0v) is 18.9. The van der Waals surface area contributed by atoms with Crippen molar-refractivity contribution in [2.24, 2.45) is 10.2 Å². The van der Waals surface area contributed by atoms with Crippen LogP contribution in [0, 0.1) is 11.6 Å². The normalized spacial score (nSPS) is 11.8. The van der Waals surface area contributed by atoms with Crippen LogP contribution in [-0.4, -0.2) is 31.4 Å². The Hall–Kier alpha value is -4.80. The van der Waals surface area contributed by atoms with E-state index in [2.05, 4.69) is 46.3 Å². The van der Waals surface area contributed by atoms with Crippen molar-refractivity contribution in [2.75, 3.05) is 16.2 Å². The molecule has 3 heterocycles. The molecule has 1 aromatic carbocycles. The Kier molecular flexibility index (Phi) is 7.26. The van der Waals surface area contributed by atoms with Crippen LogP contribution < -0.4 is 16.2 Å². The molecule has 11 heteroatoms. The Bertz CT molecular complexity index is 1260. The number of para-hydroxylation sites is 1. The van der Waals surface area contributed by atoms with Gasteiger partial charge in [0.1, 0.15) is 17.3 Å². The molecule has 0 atom stereocenters. The van der Waals surface area contributed by atoms with Gasteiger partial charge < -0.3 is 5.32 Å². The van der Waals surface area contributed by atoms with Gasteiger partial charge in [-0.1, -0.05) is 6.07 Å². The van der Waals surface area contributed by atoms with Crippen LogP contribution in [0.25, 0.3) is 0 Å². The number of nitrogens with zero attached hydrogens (tertiary/aromatic N) is 6. The standard InChI is InChI=1S/C24H21F2N9/c1-15(17-6-10-27-11-7-17)32-34-21-14-22(35-33-16(2)18-8-12-28-13-9-18)30-24(29-21)31-23-19(25)4-3-5-20(23)26/h3-14H,1-2H3,(H3,29,30,31,34,35). The maximum absolute atomic E-state index is 14.2. The highest BCUT2D eigenvalue weighted by Crippen LogP contribution is 2.23. The van der Waals surface area contributed by atoms with Crippen LogP contribution in [0.5, 0.6) is 0 Å². The number of rotatable bonds is 8. The second-order valence-electron chi connectivity index (χ2n) is 7.27. The smallest absolute Gasteiger partial charge is 0.231 e. The van der Waals surface area contributed by atoms with Gasteiger partial charge in [0.15, 0.2) is 11.6 Å². The van der Waals surface area contributed by atoms with E-state index in [1.165, 1.54) is 6.07 Å². The lowest BCUT2D eigenvalue weighted by Crippen LogP contribution is -2.08. The van der Waals surface area contributed by atoms with Crippen LogP contribution in [-0.2, 0) is 0 Å².